The molecule has 0 aliphatic carbocycles. The van der Waals surface area contributed by atoms with Crippen molar-refractivity contribution in [1.82, 2.24) is 9.71 Å². The van der Waals surface area contributed by atoms with E-state index < -0.39 is 10.0 Å². The zero-order valence-corrected chi connectivity index (χ0v) is 15.3. The third-order valence-corrected chi connectivity index (χ3v) is 5.35. The Bertz CT molecular complexity index is 860. The summed E-state index contributed by atoms with van der Waals surface area (Å²) in [6, 6.07) is 5.75. The van der Waals surface area contributed by atoms with Gasteiger partial charge in [-0.1, -0.05) is 0 Å². The highest BCUT2D eigenvalue weighted by Gasteiger charge is 2.14. The molecule has 0 aliphatic heterocycles. The lowest BCUT2D eigenvalue weighted by atomic mass is 10.3. The number of thiazole rings is 1. The number of hydrogen-bond donors (Lipinski definition) is 3. The Morgan fingerprint density at radius 1 is 1.16 bits per heavy atom. The van der Waals surface area contributed by atoms with Gasteiger partial charge in [0, 0.05) is 31.0 Å². The molecule has 134 valence electrons. The van der Waals surface area contributed by atoms with Crippen LogP contribution in [0.4, 0.5) is 10.8 Å². The summed E-state index contributed by atoms with van der Waals surface area (Å²) in [4.78, 5) is 26.9. The van der Waals surface area contributed by atoms with Gasteiger partial charge in [-0.25, -0.2) is 18.1 Å². The van der Waals surface area contributed by atoms with E-state index in [1.807, 2.05) is 12.3 Å². The molecule has 0 saturated heterocycles. The van der Waals surface area contributed by atoms with E-state index in [2.05, 4.69) is 20.3 Å². The fourth-order valence-corrected chi connectivity index (χ4v) is 3.63. The van der Waals surface area contributed by atoms with E-state index in [1.165, 1.54) is 42.5 Å². The topological polar surface area (TPSA) is 117 Å². The minimum absolute atomic E-state index is 0.0121. The molecule has 0 saturated carbocycles. The molecule has 3 N–H and O–H groups in total. The van der Waals surface area contributed by atoms with Gasteiger partial charge in [-0.15, -0.1) is 11.3 Å². The van der Waals surface area contributed by atoms with Crippen molar-refractivity contribution in [3.05, 3.63) is 35.3 Å². The SMILES string of the molecule is CC(=O)Nc1ccc(S(=O)(=O)NCCC(=O)Nc2nc(C)cs2)cc1. The zero-order chi connectivity index (χ0) is 18.4. The molecule has 1 aromatic carbocycles. The minimum atomic E-state index is -3.73. The molecule has 2 amide bonds. The molecule has 10 heteroatoms. The number of anilines is 2. The monoisotopic (exact) mass is 382 g/mol. The molecule has 1 aromatic heterocycles. The van der Waals surface area contributed by atoms with Crippen molar-refractivity contribution in [2.45, 2.75) is 25.2 Å². The van der Waals surface area contributed by atoms with Crippen LogP contribution in [0.2, 0.25) is 0 Å². The van der Waals surface area contributed by atoms with Crippen LogP contribution in [0, 0.1) is 6.92 Å². The zero-order valence-electron chi connectivity index (χ0n) is 13.7. The summed E-state index contributed by atoms with van der Waals surface area (Å²) in [5, 5.41) is 7.46. The number of benzene rings is 1. The van der Waals surface area contributed by atoms with Gasteiger partial charge >= 0.3 is 0 Å². The average molecular weight is 382 g/mol. The third-order valence-electron chi connectivity index (χ3n) is 2.99. The molecule has 1 heterocycles. The first-order chi connectivity index (χ1) is 11.8. The minimum Gasteiger partial charge on any atom is -0.326 e. The second-order valence-electron chi connectivity index (χ2n) is 5.20. The smallest absolute Gasteiger partial charge is 0.240 e. The predicted octanol–water partition coefficient (Wildman–Crippen LogP) is 1.72. The van der Waals surface area contributed by atoms with Crippen LogP contribution in [-0.2, 0) is 19.6 Å². The van der Waals surface area contributed by atoms with E-state index in [0.717, 1.165) is 5.69 Å². The van der Waals surface area contributed by atoms with Gasteiger partial charge < -0.3 is 10.6 Å². The highest BCUT2D eigenvalue weighted by atomic mass is 32.2. The van der Waals surface area contributed by atoms with Crippen LogP contribution in [0.3, 0.4) is 0 Å². The van der Waals surface area contributed by atoms with Crippen molar-refractivity contribution in [2.24, 2.45) is 0 Å². The lowest BCUT2D eigenvalue weighted by molar-refractivity contribution is -0.116. The summed E-state index contributed by atoms with van der Waals surface area (Å²) in [6.07, 6.45) is -0.0121. The number of amides is 2. The maximum absolute atomic E-state index is 12.2. The Hall–Kier alpha value is -2.30. The average Bonchev–Trinajstić information content (AvgIpc) is 2.92. The summed E-state index contributed by atoms with van der Waals surface area (Å²) >= 11 is 1.31. The van der Waals surface area contributed by atoms with Crippen molar-refractivity contribution in [3.63, 3.8) is 0 Å². The molecule has 0 radical (unpaired) electrons. The maximum atomic E-state index is 12.2. The molecule has 0 bridgehead atoms. The largest absolute Gasteiger partial charge is 0.326 e. The van der Waals surface area contributed by atoms with E-state index in [4.69, 9.17) is 0 Å². The van der Waals surface area contributed by atoms with Gasteiger partial charge in [0.15, 0.2) is 5.13 Å². The summed E-state index contributed by atoms with van der Waals surface area (Å²) < 4.78 is 26.7. The van der Waals surface area contributed by atoms with E-state index in [1.54, 1.807) is 0 Å². The van der Waals surface area contributed by atoms with Gasteiger partial charge in [-0.3, -0.25) is 9.59 Å². The second-order valence-corrected chi connectivity index (χ2v) is 7.82. The second kappa shape index (κ2) is 8.19. The molecule has 0 aliphatic rings. The van der Waals surface area contributed by atoms with Crippen LogP contribution in [0.25, 0.3) is 0 Å². The van der Waals surface area contributed by atoms with Gasteiger partial charge in [-0.05, 0) is 31.2 Å². The number of nitrogens with zero attached hydrogens (tertiary/aromatic N) is 1. The van der Waals surface area contributed by atoms with Gasteiger partial charge in [0.25, 0.3) is 0 Å². The van der Waals surface area contributed by atoms with Gasteiger partial charge in [0.1, 0.15) is 0 Å². The number of nitrogens with one attached hydrogen (secondary N) is 3. The first-order valence-corrected chi connectivity index (χ1v) is 9.72. The van der Waals surface area contributed by atoms with E-state index >= 15 is 0 Å². The quantitative estimate of drug-likeness (QED) is 0.674. The molecule has 25 heavy (non-hydrogen) atoms. The summed E-state index contributed by atoms with van der Waals surface area (Å²) in [7, 11) is -3.73. The molecular formula is C15H18N4O4S2. The first-order valence-electron chi connectivity index (χ1n) is 7.35. The molecule has 0 atom stereocenters. The lowest BCUT2D eigenvalue weighted by Gasteiger charge is -2.08. The summed E-state index contributed by atoms with van der Waals surface area (Å²) in [5.41, 5.74) is 1.31. The van der Waals surface area contributed by atoms with Crippen molar-refractivity contribution < 1.29 is 18.0 Å². The van der Waals surface area contributed by atoms with Crippen LogP contribution in [0.5, 0.6) is 0 Å². The number of hydrogen-bond acceptors (Lipinski definition) is 6. The molecule has 2 rings (SSSR count). The van der Waals surface area contributed by atoms with Crippen LogP contribution in [0.15, 0.2) is 34.5 Å². The first kappa shape index (κ1) is 19.0. The molecular weight excluding hydrogens is 364 g/mol. The van der Waals surface area contributed by atoms with Gasteiger partial charge in [0.05, 0.1) is 10.6 Å². The number of aromatic nitrogens is 1. The van der Waals surface area contributed by atoms with Crippen molar-refractivity contribution in [1.29, 1.82) is 0 Å². The number of sulfonamides is 1. The fraction of sp³-hybridized carbons (Fsp3) is 0.267. The van der Waals surface area contributed by atoms with Gasteiger partial charge in [0.2, 0.25) is 21.8 Å². The third kappa shape index (κ3) is 5.93. The van der Waals surface area contributed by atoms with E-state index in [-0.39, 0.29) is 29.7 Å². The van der Waals surface area contributed by atoms with Crippen molar-refractivity contribution >= 4 is 44.0 Å². The van der Waals surface area contributed by atoms with Crippen LogP contribution < -0.4 is 15.4 Å². The number of carbonyl (C=O) groups excluding carboxylic acids is 2. The van der Waals surface area contributed by atoms with Gasteiger partial charge in [-0.2, -0.15) is 0 Å². The number of aryl methyl sites for hydroxylation is 1. The Morgan fingerprint density at radius 2 is 1.84 bits per heavy atom. The molecule has 0 fully saturated rings. The molecule has 8 nitrogen and oxygen atoms in total. The van der Waals surface area contributed by atoms with Crippen LogP contribution in [0.1, 0.15) is 19.0 Å². The molecule has 0 spiro atoms. The predicted molar refractivity (Wildman–Crippen MR) is 96.0 cm³/mol. The van der Waals surface area contributed by atoms with Crippen molar-refractivity contribution in [3.8, 4) is 0 Å². The fourth-order valence-electron chi connectivity index (χ4n) is 1.90. The highest BCUT2D eigenvalue weighted by molar-refractivity contribution is 7.89. The molecule has 2 aromatic rings. The lowest BCUT2D eigenvalue weighted by Crippen LogP contribution is -2.27. The summed E-state index contributed by atoms with van der Waals surface area (Å²) in [5.74, 6) is -0.562. The van der Waals surface area contributed by atoms with Crippen LogP contribution in [-0.4, -0.2) is 31.8 Å². The van der Waals surface area contributed by atoms with Crippen molar-refractivity contribution in [2.75, 3.05) is 17.2 Å². The van der Waals surface area contributed by atoms with E-state index in [0.29, 0.717) is 10.8 Å². The maximum Gasteiger partial charge on any atom is 0.240 e. The van der Waals surface area contributed by atoms with E-state index in [9.17, 15) is 18.0 Å². The normalized spacial score (nSPS) is 11.1. The molecule has 0 unspecified atom stereocenters. The standard InChI is InChI=1S/C15H18N4O4S2/c1-10-9-24-15(17-10)19-14(21)7-8-16-25(22,23)13-5-3-12(4-6-13)18-11(2)20/h3-6,9,16H,7-8H2,1-2H3,(H,18,20)(H,17,19,21). The Kier molecular flexibility index (Phi) is 6.23. The Morgan fingerprint density at radius 3 is 2.40 bits per heavy atom. The van der Waals surface area contributed by atoms with Crippen LogP contribution >= 0.6 is 11.3 Å². The Balaban J connectivity index is 1.86. The number of rotatable bonds is 7. The summed E-state index contributed by atoms with van der Waals surface area (Å²) in [6.45, 7) is 3.15. The highest BCUT2D eigenvalue weighted by Crippen LogP contribution is 2.15. The number of carbonyl (C=O) groups is 2. The Labute approximate surface area is 149 Å².